The van der Waals surface area contributed by atoms with Gasteiger partial charge in [-0.2, -0.15) is 0 Å². The van der Waals surface area contributed by atoms with Crippen LogP contribution in [0.25, 0.3) is 11.1 Å². The summed E-state index contributed by atoms with van der Waals surface area (Å²) in [5, 5.41) is 9.04. The first-order valence-electron chi connectivity index (χ1n) is 15.0. The van der Waals surface area contributed by atoms with Gasteiger partial charge in [-0.25, -0.2) is 23.2 Å². The highest BCUT2D eigenvalue weighted by Gasteiger charge is 2.53. The predicted octanol–water partition coefficient (Wildman–Crippen LogP) is 4.83. The third-order valence-corrected chi connectivity index (χ3v) is 9.36. The van der Waals surface area contributed by atoms with Gasteiger partial charge in [-0.3, -0.25) is 10.2 Å². The fraction of sp³-hybridized carbons (Fsp3) is 0.257. The maximum absolute atomic E-state index is 14.0. The minimum Gasteiger partial charge on any atom is -0.494 e. The highest BCUT2D eigenvalue weighted by atomic mass is 32.2. The Labute approximate surface area is 268 Å². The molecule has 0 saturated heterocycles. The molecule has 1 heterocycles. The van der Waals surface area contributed by atoms with E-state index in [2.05, 4.69) is 10.9 Å². The molecule has 0 unspecified atom stereocenters. The third-order valence-electron chi connectivity index (χ3n) is 7.63. The summed E-state index contributed by atoms with van der Waals surface area (Å²) in [5.41, 5.74) is 6.50. The SMILES string of the molecule is O=C(NNCCF)[C@@]1(CCS(=O)(=O)c2ccccc2)N=C(c2ccc(OCCCO)cc2)O[C@H]1c1ccc(-c2ccccc2)cc1. The first-order chi connectivity index (χ1) is 22.4. The number of hydrogen-bond acceptors (Lipinski definition) is 8. The van der Waals surface area contributed by atoms with E-state index in [0.717, 1.165) is 11.1 Å². The van der Waals surface area contributed by atoms with Gasteiger partial charge >= 0.3 is 0 Å². The summed E-state index contributed by atoms with van der Waals surface area (Å²) in [7, 11) is -3.81. The number of carbonyl (C=O) groups excluding carboxylic acids is 1. The standard InChI is InChI=1S/C35H36FN3O6S/c36-21-22-37-39-34(41)35(20-25-46(42,43)31-10-5-2-6-11-31)32(28-14-12-27(13-15-28)26-8-3-1-4-9-26)45-33(38-35)29-16-18-30(19-17-29)44-24-7-23-40/h1-6,8-19,32,37,40H,7,20-25H2,(H,39,41)/t32-,35-/m0/s1. The average molecular weight is 646 g/mol. The van der Waals surface area contributed by atoms with Crippen molar-refractivity contribution in [2.75, 3.05) is 32.2 Å². The Morgan fingerprint density at radius 3 is 2.17 bits per heavy atom. The zero-order valence-corrected chi connectivity index (χ0v) is 26.0. The molecule has 1 aliphatic rings. The van der Waals surface area contributed by atoms with Gasteiger partial charge in [0.25, 0.3) is 5.91 Å². The first kappa shape index (κ1) is 32.8. The molecule has 1 aliphatic heterocycles. The van der Waals surface area contributed by atoms with Gasteiger partial charge in [-0.05, 0) is 53.1 Å². The van der Waals surface area contributed by atoms with Crippen LogP contribution in [0.4, 0.5) is 4.39 Å². The molecular weight excluding hydrogens is 609 g/mol. The van der Waals surface area contributed by atoms with E-state index in [1.54, 1.807) is 42.5 Å². The number of carbonyl (C=O) groups is 1. The fourth-order valence-corrected chi connectivity index (χ4v) is 6.57. The van der Waals surface area contributed by atoms with Crippen molar-refractivity contribution in [1.82, 2.24) is 10.9 Å². The molecule has 0 fully saturated rings. The normalized spacial score (nSPS) is 17.6. The van der Waals surface area contributed by atoms with E-state index < -0.39 is 39.8 Å². The molecule has 240 valence electrons. The number of aliphatic hydroxyl groups is 1. The second-order valence-electron chi connectivity index (χ2n) is 10.7. The number of hydrazine groups is 1. The summed E-state index contributed by atoms with van der Waals surface area (Å²) in [4.78, 5) is 19.0. The van der Waals surface area contributed by atoms with Crippen LogP contribution in [-0.4, -0.2) is 63.1 Å². The lowest BCUT2D eigenvalue weighted by Crippen LogP contribution is -2.53. The zero-order valence-electron chi connectivity index (χ0n) is 25.1. The van der Waals surface area contributed by atoms with Crippen LogP contribution in [0, 0.1) is 0 Å². The molecular formula is C35H36FN3O6S. The van der Waals surface area contributed by atoms with Gasteiger partial charge in [0.1, 0.15) is 12.4 Å². The van der Waals surface area contributed by atoms with E-state index in [9.17, 15) is 17.6 Å². The van der Waals surface area contributed by atoms with Crippen molar-refractivity contribution in [3.63, 3.8) is 0 Å². The van der Waals surface area contributed by atoms with Crippen molar-refractivity contribution in [3.8, 4) is 16.9 Å². The number of aliphatic imine (C=N–C) groups is 1. The second-order valence-corrected chi connectivity index (χ2v) is 12.8. The van der Waals surface area contributed by atoms with E-state index in [1.165, 1.54) is 12.1 Å². The van der Waals surface area contributed by atoms with Crippen molar-refractivity contribution in [3.05, 3.63) is 120 Å². The van der Waals surface area contributed by atoms with Crippen molar-refractivity contribution in [1.29, 1.82) is 0 Å². The van der Waals surface area contributed by atoms with Crippen LogP contribution in [0.1, 0.15) is 30.1 Å². The molecule has 0 bridgehead atoms. The Kier molecular flexibility index (Phi) is 10.8. The molecule has 9 nitrogen and oxygen atoms in total. The van der Waals surface area contributed by atoms with Crippen LogP contribution in [0.3, 0.4) is 0 Å². The van der Waals surface area contributed by atoms with Crippen molar-refractivity contribution >= 4 is 21.6 Å². The number of nitrogens with one attached hydrogen (secondary N) is 2. The molecule has 5 rings (SSSR count). The summed E-state index contributed by atoms with van der Waals surface area (Å²) < 4.78 is 51.9. The second kappa shape index (κ2) is 15.1. The van der Waals surface area contributed by atoms with Crippen molar-refractivity contribution < 1.29 is 32.2 Å². The van der Waals surface area contributed by atoms with Gasteiger partial charge in [0.15, 0.2) is 21.5 Å². The third kappa shape index (κ3) is 7.61. The van der Waals surface area contributed by atoms with Crippen LogP contribution >= 0.6 is 0 Å². The summed E-state index contributed by atoms with van der Waals surface area (Å²) >= 11 is 0. The van der Waals surface area contributed by atoms with Crippen molar-refractivity contribution in [2.24, 2.45) is 4.99 Å². The van der Waals surface area contributed by atoms with Gasteiger partial charge in [-0.15, -0.1) is 0 Å². The summed E-state index contributed by atoms with van der Waals surface area (Å²) in [5.74, 6) is -0.321. The van der Waals surface area contributed by atoms with E-state index >= 15 is 0 Å². The average Bonchev–Trinajstić information content (AvgIpc) is 3.50. The number of benzene rings is 4. The highest BCUT2D eigenvalue weighted by Crippen LogP contribution is 2.43. The number of amides is 1. The monoisotopic (exact) mass is 645 g/mol. The lowest BCUT2D eigenvalue weighted by molar-refractivity contribution is -0.130. The van der Waals surface area contributed by atoms with Crippen LogP contribution in [0.15, 0.2) is 119 Å². The van der Waals surface area contributed by atoms with Gasteiger partial charge in [-0.1, -0.05) is 72.8 Å². The molecule has 4 aromatic rings. The molecule has 46 heavy (non-hydrogen) atoms. The number of halogens is 1. The van der Waals surface area contributed by atoms with Crippen LogP contribution < -0.4 is 15.6 Å². The molecule has 0 aromatic heterocycles. The molecule has 0 spiro atoms. The predicted molar refractivity (Wildman–Crippen MR) is 174 cm³/mol. The Hall–Kier alpha value is -4.58. The van der Waals surface area contributed by atoms with Crippen LogP contribution in [-0.2, 0) is 19.4 Å². The Morgan fingerprint density at radius 1 is 0.891 bits per heavy atom. The van der Waals surface area contributed by atoms with E-state index in [4.69, 9.17) is 19.6 Å². The highest BCUT2D eigenvalue weighted by molar-refractivity contribution is 7.91. The molecule has 0 radical (unpaired) electrons. The smallest absolute Gasteiger partial charge is 0.266 e. The number of nitrogens with zero attached hydrogens (tertiary/aromatic N) is 1. The first-order valence-corrected chi connectivity index (χ1v) is 16.6. The van der Waals surface area contributed by atoms with E-state index in [0.29, 0.717) is 29.9 Å². The molecule has 1 amide bonds. The fourth-order valence-electron chi connectivity index (χ4n) is 5.19. The van der Waals surface area contributed by atoms with E-state index in [1.807, 2.05) is 54.6 Å². The minimum absolute atomic E-state index is 0.0147. The number of rotatable bonds is 15. The van der Waals surface area contributed by atoms with Gasteiger partial charge in [0.05, 0.1) is 17.3 Å². The quantitative estimate of drug-likeness (QED) is 0.125. The van der Waals surface area contributed by atoms with Gasteiger partial charge < -0.3 is 14.6 Å². The maximum Gasteiger partial charge on any atom is 0.266 e. The number of aliphatic hydroxyl groups excluding tert-OH is 1. The van der Waals surface area contributed by atoms with Crippen LogP contribution in [0.5, 0.6) is 5.75 Å². The number of hydrogen-bond donors (Lipinski definition) is 3. The molecule has 4 aromatic carbocycles. The Bertz CT molecular complexity index is 1720. The Balaban J connectivity index is 1.54. The van der Waals surface area contributed by atoms with E-state index in [-0.39, 0.29) is 30.4 Å². The molecule has 0 saturated carbocycles. The molecule has 2 atom stereocenters. The van der Waals surface area contributed by atoms with Crippen molar-refractivity contribution in [2.45, 2.75) is 29.4 Å². The minimum atomic E-state index is -3.81. The largest absolute Gasteiger partial charge is 0.494 e. The topological polar surface area (TPSA) is 126 Å². The lowest BCUT2D eigenvalue weighted by atomic mass is 9.84. The number of ether oxygens (including phenoxy) is 2. The molecule has 11 heteroatoms. The Morgan fingerprint density at radius 2 is 1.52 bits per heavy atom. The lowest BCUT2D eigenvalue weighted by Gasteiger charge is -2.30. The maximum atomic E-state index is 14.0. The molecule has 0 aliphatic carbocycles. The summed E-state index contributed by atoms with van der Waals surface area (Å²) in [6.45, 7) is -0.506. The summed E-state index contributed by atoms with van der Waals surface area (Å²) in [6, 6.07) is 32.2. The molecule has 3 N–H and O–H groups in total. The van der Waals surface area contributed by atoms with Gasteiger partial charge in [0, 0.05) is 31.6 Å². The summed E-state index contributed by atoms with van der Waals surface area (Å²) in [6.07, 6.45) is -0.738. The zero-order chi connectivity index (χ0) is 32.4. The van der Waals surface area contributed by atoms with Crippen LogP contribution in [0.2, 0.25) is 0 Å². The number of sulfone groups is 1. The number of alkyl halides is 1. The van der Waals surface area contributed by atoms with Gasteiger partial charge in [0.2, 0.25) is 5.90 Å².